The largest absolute Gasteiger partial charge is 0.480 e. The molecule has 0 saturated carbocycles. The van der Waals surface area contributed by atoms with E-state index in [0.717, 1.165) is 0 Å². The van der Waals surface area contributed by atoms with Gasteiger partial charge in [0.25, 0.3) is 0 Å². The quantitative estimate of drug-likeness (QED) is 0.248. The summed E-state index contributed by atoms with van der Waals surface area (Å²) in [5, 5.41) is 55.3. The zero-order valence-electron chi connectivity index (χ0n) is 11.9. The molecule has 1 saturated heterocycles. The van der Waals surface area contributed by atoms with Gasteiger partial charge in [-0.15, -0.1) is 0 Å². The highest BCUT2D eigenvalue weighted by atomic mass is 16.6. The molecule has 0 aromatic rings. The number of aliphatic carboxylic acids is 1. The van der Waals surface area contributed by atoms with Crippen molar-refractivity contribution >= 4 is 11.9 Å². The van der Waals surface area contributed by atoms with E-state index in [0.29, 0.717) is 0 Å². The van der Waals surface area contributed by atoms with Crippen LogP contribution >= 0.6 is 0 Å². The van der Waals surface area contributed by atoms with E-state index in [1.807, 2.05) is 0 Å². The lowest BCUT2D eigenvalue weighted by atomic mass is 9.97. The van der Waals surface area contributed by atoms with E-state index in [1.165, 1.54) is 6.92 Å². The van der Waals surface area contributed by atoms with Gasteiger partial charge in [-0.25, -0.2) is 0 Å². The second kappa shape index (κ2) is 9.63. The van der Waals surface area contributed by atoms with Crippen molar-refractivity contribution in [3.05, 3.63) is 0 Å². The van der Waals surface area contributed by atoms with E-state index in [4.69, 9.17) is 25.8 Å². The molecule has 6 atom stereocenters. The number of carbonyl (C=O) groups is 2. The van der Waals surface area contributed by atoms with Gasteiger partial charge in [0.2, 0.25) is 5.91 Å². The summed E-state index contributed by atoms with van der Waals surface area (Å²) in [5.41, 5.74) is 4.77. The molecule has 1 aliphatic heterocycles. The van der Waals surface area contributed by atoms with Gasteiger partial charge in [-0.3, -0.25) is 9.59 Å². The first-order valence-electron chi connectivity index (χ1n) is 6.32. The number of hydrogen-bond donors (Lipinski definition) is 8. The van der Waals surface area contributed by atoms with Gasteiger partial charge >= 0.3 is 5.97 Å². The van der Waals surface area contributed by atoms with Gasteiger partial charge in [0.1, 0.15) is 30.4 Å². The molecule has 9 N–H and O–H groups in total. The Bertz CT molecular complexity index is 367. The van der Waals surface area contributed by atoms with Crippen molar-refractivity contribution in [2.24, 2.45) is 5.73 Å². The van der Waals surface area contributed by atoms with Gasteiger partial charge in [0, 0.05) is 6.92 Å². The van der Waals surface area contributed by atoms with Gasteiger partial charge in [-0.05, 0) is 0 Å². The molecule has 11 nitrogen and oxygen atoms in total. The SMILES string of the molecule is CC(=O)N[C@H]1C(O)O[C@H](CO)[C@@H](O)[C@@H]1O.NC(CO)C(=O)O. The second-order valence-electron chi connectivity index (χ2n) is 4.58. The smallest absolute Gasteiger partial charge is 0.322 e. The van der Waals surface area contributed by atoms with E-state index in [2.05, 4.69) is 5.32 Å². The van der Waals surface area contributed by atoms with E-state index in [-0.39, 0.29) is 0 Å². The summed E-state index contributed by atoms with van der Waals surface area (Å²) in [4.78, 5) is 20.4. The number of nitrogens with two attached hydrogens (primary N) is 1. The highest BCUT2D eigenvalue weighted by molar-refractivity contribution is 5.73. The van der Waals surface area contributed by atoms with Gasteiger partial charge in [0.05, 0.1) is 13.2 Å². The molecule has 0 bridgehead atoms. The Labute approximate surface area is 125 Å². The first-order valence-corrected chi connectivity index (χ1v) is 6.32. The Hall–Kier alpha value is -1.34. The number of hydrogen-bond acceptors (Lipinski definition) is 9. The van der Waals surface area contributed by atoms with Crippen molar-refractivity contribution in [2.75, 3.05) is 13.2 Å². The minimum atomic E-state index is -1.45. The minimum Gasteiger partial charge on any atom is -0.480 e. The summed E-state index contributed by atoms with van der Waals surface area (Å²) in [5.74, 6) is -1.64. The van der Waals surface area contributed by atoms with Crippen LogP contribution in [-0.2, 0) is 14.3 Å². The lowest BCUT2D eigenvalue weighted by Crippen LogP contribution is -2.63. The summed E-state index contributed by atoms with van der Waals surface area (Å²) in [6, 6.07) is -2.22. The number of rotatable bonds is 4. The van der Waals surface area contributed by atoms with Crippen LogP contribution < -0.4 is 11.1 Å². The summed E-state index contributed by atoms with van der Waals surface area (Å²) < 4.78 is 4.81. The molecule has 0 spiro atoms. The van der Waals surface area contributed by atoms with Crippen molar-refractivity contribution in [1.29, 1.82) is 0 Å². The number of nitrogens with one attached hydrogen (secondary N) is 1. The first kappa shape index (κ1) is 20.7. The van der Waals surface area contributed by atoms with Crippen LogP contribution in [0.25, 0.3) is 0 Å². The van der Waals surface area contributed by atoms with Gasteiger partial charge in [-0.1, -0.05) is 0 Å². The molecule has 1 amide bonds. The molecule has 2 unspecified atom stereocenters. The Kier molecular flexibility index (Phi) is 9.04. The van der Waals surface area contributed by atoms with Gasteiger partial charge in [-0.2, -0.15) is 0 Å². The fraction of sp³-hybridized carbons (Fsp3) is 0.818. The van der Waals surface area contributed by atoms with Crippen LogP contribution in [0.2, 0.25) is 0 Å². The first-order chi connectivity index (χ1) is 10.1. The van der Waals surface area contributed by atoms with Crippen LogP contribution in [0, 0.1) is 0 Å². The molecular weight excluding hydrogens is 304 g/mol. The maximum Gasteiger partial charge on any atom is 0.322 e. The van der Waals surface area contributed by atoms with E-state index < -0.39 is 61.8 Å². The number of aliphatic hydroxyl groups is 5. The molecule has 0 aliphatic carbocycles. The third-order valence-corrected chi connectivity index (χ3v) is 2.78. The highest BCUT2D eigenvalue weighted by Gasteiger charge is 2.43. The van der Waals surface area contributed by atoms with Crippen LogP contribution in [0.5, 0.6) is 0 Å². The molecule has 0 aromatic carbocycles. The Morgan fingerprint density at radius 3 is 2.09 bits per heavy atom. The maximum absolute atomic E-state index is 10.7. The summed E-state index contributed by atoms with van der Waals surface area (Å²) in [6.45, 7) is 0.182. The van der Waals surface area contributed by atoms with E-state index in [9.17, 15) is 24.9 Å². The van der Waals surface area contributed by atoms with Crippen LogP contribution in [0.15, 0.2) is 0 Å². The van der Waals surface area contributed by atoms with Crippen molar-refractivity contribution in [3.8, 4) is 0 Å². The third-order valence-electron chi connectivity index (χ3n) is 2.78. The van der Waals surface area contributed by atoms with Gasteiger partial charge < -0.3 is 46.4 Å². The average molecular weight is 326 g/mol. The maximum atomic E-state index is 10.7. The number of carbonyl (C=O) groups excluding carboxylic acids is 1. The molecule has 1 aliphatic rings. The molecule has 1 heterocycles. The minimum absolute atomic E-state index is 0.462. The van der Waals surface area contributed by atoms with Gasteiger partial charge in [0.15, 0.2) is 6.29 Å². The molecule has 1 rings (SSSR count). The van der Waals surface area contributed by atoms with E-state index in [1.54, 1.807) is 0 Å². The third kappa shape index (κ3) is 6.19. The molecule has 1 fully saturated rings. The normalized spacial score (nSPS) is 32.4. The Morgan fingerprint density at radius 1 is 1.23 bits per heavy atom. The molecular formula is C11H22N2O9. The zero-order chi connectivity index (χ0) is 17.4. The van der Waals surface area contributed by atoms with E-state index >= 15 is 0 Å². The van der Waals surface area contributed by atoms with Crippen molar-refractivity contribution in [2.45, 2.75) is 43.6 Å². The molecule has 22 heavy (non-hydrogen) atoms. The predicted molar refractivity (Wildman–Crippen MR) is 70.3 cm³/mol. The lowest BCUT2D eigenvalue weighted by Gasteiger charge is -2.40. The number of carboxylic acid groups (broad SMARTS) is 1. The van der Waals surface area contributed by atoms with Crippen LogP contribution in [0.1, 0.15) is 6.92 Å². The monoisotopic (exact) mass is 326 g/mol. The van der Waals surface area contributed by atoms with Crippen molar-refractivity contribution in [1.82, 2.24) is 5.32 Å². The van der Waals surface area contributed by atoms with Crippen LogP contribution in [0.3, 0.4) is 0 Å². The average Bonchev–Trinajstić information content (AvgIpc) is 2.46. The molecule has 11 heteroatoms. The lowest BCUT2D eigenvalue weighted by molar-refractivity contribution is -0.253. The summed E-state index contributed by atoms with van der Waals surface area (Å²) >= 11 is 0. The predicted octanol–water partition coefficient (Wildman–Crippen LogP) is -4.69. The number of amides is 1. The number of ether oxygens (including phenoxy) is 1. The molecule has 130 valence electrons. The zero-order valence-corrected chi connectivity index (χ0v) is 11.9. The Balaban J connectivity index is 0.000000534. The fourth-order valence-electron chi connectivity index (χ4n) is 1.57. The fourth-order valence-corrected chi connectivity index (χ4v) is 1.57. The van der Waals surface area contributed by atoms with Crippen LogP contribution in [0.4, 0.5) is 0 Å². The number of carboxylic acids is 1. The molecule has 0 aromatic heterocycles. The van der Waals surface area contributed by atoms with Crippen molar-refractivity contribution < 1.29 is 45.0 Å². The topological polar surface area (TPSA) is 203 Å². The summed E-state index contributed by atoms with van der Waals surface area (Å²) in [7, 11) is 0. The van der Waals surface area contributed by atoms with Crippen LogP contribution in [-0.4, -0.2) is 92.4 Å². The molecule has 0 radical (unpaired) electrons. The van der Waals surface area contributed by atoms with Crippen molar-refractivity contribution in [3.63, 3.8) is 0 Å². The second-order valence-corrected chi connectivity index (χ2v) is 4.58. The Morgan fingerprint density at radius 2 is 1.77 bits per heavy atom. The standard InChI is InChI=1S/C8H15NO6.C3H7NO3/c1-3(11)9-5-7(13)6(12)4(2-10)15-8(5)14;4-2(1-5)3(6)7/h4-8,10,12-14H,2H2,1H3,(H,9,11);2,5H,1,4H2,(H,6,7)/t4-,5-,6-,7-,8?;/m1./s1. The summed E-state index contributed by atoms with van der Waals surface area (Å²) in [6.07, 6.45) is -5.24. The highest BCUT2D eigenvalue weighted by Crippen LogP contribution is 2.19. The number of aliphatic hydroxyl groups excluding tert-OH is 5.